The van der Waals surface area contributed by atoms with Crippen molar-refractivity contribution in [1.82, 2.24) is 0 Å². The molecule has 20 heavy (non-hydrogen) atoms. The molecule has 1 fully saturated rings. The minimum absolute atomic E-state index is 0.430. The molecule has 0 radical (unpaired) electrons. The van der Waals surface area contributed by atoms with Gasteiger partial charge in [0.1, 0.15) is 0 Å². The normalized spacial score (nSPS) is 19.8. The smallest absolute Gasteiger partial charge is 0.0987 e. The van der Waals surface area contributed by atoms with E-state index in [0.717, 1.165) is 5.56 Å². The van der Waals surface area contributed by atoms with E-state index in [4.69, 9.17) is 32.7 Å². The molecule has 0 bridgehead atoms. The minimum Gasteiger partial charge on any atom is -0.390 e. The van der Waals surface area contributed by atoms with Crippen molar-refractivity contribution in [3.63, 3.8) is 0 Å². The molecule has 0 saturated carbocycles. The number of ether oxygens (including phenoxy) is 2. The fourth-order valence-corrected chi connectivity index (χ4v) is 3.06. The molecule has 0 amide bonds. The number of halogens is 2. The SMILES string of the molecule is CCOC1(C(O)Cc2cc(Cl)ccc2Cl)CCOCC1. The van der Waals surface area contributed by atoms with Gasteiger partial charge in [-0.05, 0) is 30.7 Å². The summed E-state index contributed by atoms with van der Waals surface area (Å²) in [6.45, 7) is 3.73. The van der Waals surface area contributed by atoms with Crippen molar-refractivity contribution < 1.29 is 14.6 Å². The first kappa shape index (κ1) is 16.1. The summed E-state index contributed by atoms with van der Waals surface area (Å²) in [4.78, 5) is 0. The topological polar surface area (TPSA) is 38.7 Å². The Morgan fingerprint density at radius 2 is 2.05 bits per heavy atom. The van der Waals surface area contributed by atoms with E-state index in [1.54, 1.807) is 18.2 Å². The van der Waals surface area contributed by atoms with Crippen LogP contribution in [0.1, 0.15) is 25.3 Å². The molecular weight excluding hydrogens is 299 g/mol. The fourth-order valence-electron chi connectivity index (χ4n) is 2.67. The van der Waals surface area contributed by atoms with Gasteiger partial charge in [-0.2, -0.15) is 0 Å². The zero-order valence-corrected chi connectivity index (χ0v) is 13.1. The number of hydrogen-bond acceptors (Lipinski definition) is 3. The molecule has 112 valence electrons. The van der Waals surface area contributed by atoms with Crippen molar-refractivity contribution in [3.05, 3.63) is 33.8 Å². The van der Waals surface area contributed by atoms with Gasteiger partial charge in [-0.25, -0.2) is 0 Å². The highest BCUT2D eigenvalue weighted by Crippen LogP contribution is 2.32. The Hall–Kier alpha value is -0.320. The second-order valence-corrected chi connectivity index (χ2v) is 5.91. The Labute approximate surface area is 129 Å². The number of aliphatic hydroxyl groups excluding tert-OH is 1. The van der Waals surface area contributed by atoms with Gasteiger partial charge in [-0.1, -0.05) is 23.2 Å². The van der Waals surface area contributed by atoms with Gasteiger partial charge in [0.2, 0.25) is 0 Å². The minimum atomic E-state index is -0.623. The van der Waals surface area contributed by atoms with E-state index in [2.05, 4.69) is 0 Å². The van der Waals surface area contributed by atoms with Crippen LogP contribution in [-0.4, -0.2) is 36.6 Å². The fraction of sp³-hybridized carbons (Fsp3) is 0.600. The second-order valence-electron chi connectivity index (χ2n) is 5.07. The summed E-state index contributed by atoms with van der Waals surface area (Å²) in [7, 11) is 0. The highest BCUT2D eigenvalue weighted by Gasteiger charge is 2.40. The van der Waals surface area contributed by atoms with Crippen LogP contribution in [0.25, 0.3) is 0 Å². The lowest BCUT2D eigenvalue weighted by molar-refractivity contribution is -0.165. The number of hydrogen-bond donors (Lipinski definition) is 1. The summed E-state index contributed by atoms with van der Waals surface area (Å²) in [5.41, 5.74) is 0.302. The van der Waals surface area contributed by atoms with E-state index in [0.29, 0.717) is 49.1 Å². The van der Waals surface area contributed by atoms with Gasteiger partial charge in [-0.15, -0.1) is 0 Å². The van der Waals surface area contributed by atoms with E-state index >= 15 is 0 Å². The molecule has 1 N–H and O–H groups in total. The predicted octanol–water partition coefficient (Wildman–Crippen LogP) is 3.48. The molecular formula is C15H20Cl2O3. The lowest BCUT2D eigenvalue weighted by atomic mass is 9.84. The Balaban J connectivity index is 2.15. The van der Waals surface area contributed by atoms with E-state index in [1.807, 2.05) is 6.92 Å². The summed E-state index contributed by atoms with van der Waals surface area (Å²) in [6, 6.07) is 5.29. The van der Waals surface area contributed by atoms with Crippen LogP contribution < -0.4 is 0 Å². The molecule has 1 aromatic carbocycles. The quantitative estimate of drug-likeness (QED) is 0.903. The molecule has 1 aliphatic rings. The molecule has 1 heterocycles. The summed E-state index contributed by atoms with van der Waals surface area (Å²) in [5.74, 6) is 0. The summed E-state index contributed by atoms with van der Waals surface area (Å²) in [5, 5.41) is 11.9. The lowest BCUT2D eigenvalue weighted by Crippen LogP contribution is -2.50. The average molecular weight is 319 g/mol. The molecule has 1 unspecified atom stereocenters. The third-order valence-electron chi connectivity index (χ3n) is 3.80. The Bertz CT molecular complexity index is 439. The van der Waals surface area contributed by atoms with Gasteiger partial charge in [0.25, 0.3) is 0 Å². The first-order chi connectivity index (χ1) is 9.57. The first-order valence-corrected chi connectivity index (χ1v) is 7.66. The zero-order valence-electron chi connectivity index (χ0n) is 11.6. The van der Waals surface area contributed by atoms with Crippen LogP contribution >= 0.6 is 23.2 Å². The molecule has 0 aromatic heterocycles. The molecule has 1 aliphatic heterocycles. The van der Waals surface area contributed by atoms with Crippen LogP contribution in [0.5, 0.6) is 0 Å². The number of rotatable bonds is 5. The standard InChI is InChI=1S/C15H20Cl2O3/c1-2-20-15(5-7-19-8-6-15)14(18)10-11-9-12(16)3-4-13(11)17/h3-4,9,14,18H,2,5-8,10H2,1H3. The predicted molar refractivity (Wildman–Crippen MR) is 80.6 cm³/mol. The van der Waals surface area contributed by atoms with Crippen molar-refractivity contribution in [3.8, 4) is 0 Å². The summed E-state index contributed by atoms with van der Waals surface area (Å²) >= 11 is 12.2. The maximum Gasteiger partial charge on any atom is 0.0987 e. The van der Waals surface area contributed by atoms with Crippen molar-refractivity contribution in [2.45, 2.75) is 37.9 Å². The number of aliphatic hydroxyl groups is 1. The second kappa shape index (κ2) is 7.10. The first-order valence-electron chi connectivity index (χ1n) is 6.91. The third kappa shape index (κ3) is 3.66. The maximum atomic E-state index is 10.6. The third-order valence-corrected chi connectivity index (χ3v) is 4.40. The summed E-state index contributed by atoms with van der Waals surface area (Å²) in [6.07, 6.45) is 1.20. The Morgan fingerprint density at radius 1 is 1.35 bits per heavy atom. The molecule has 0 aliphatic carbocycles. The van der Waals surface area contributed by atoms with Crippen molar-refractivity contribution in [1.29, 1.82) is 0 Å². The molecule has 1 atom stereocenters. The Morgan fingerprint density at radius 3 is 2.70 bits per heavy atom. The van der Waals surface area contributed by atoms with Gasteiger partial charge in [-0.3, -0.25) is 0 Å². The average Bonchev–Trinajstić information content (AvgIpc) is 2.44. The largest absolute Gasteiger partial charge is 0.390 e. The molecule has 3 nitrogen and oxygen atoms in total. The molecule has 1 saturated heterocycles. The van der Waals surface area contributed by atoms with Crippen molar-refractivity contribution in [2.75, 3.05) is 19.8 Å². The van der Waals surface area contributed by atoms with Gasteiger partial charge in [0, 0.05) is 49.1 Å². The zero-order chi connectivity index (χ0) is 14.6. The molecule has 0 spiro atoms. The Kier molecular flexibility index (Phi) is 5.70. The van der Waals surface area contributed by atoms with Crippen LogP contribution in [0.3, 0.4) is 0 Å². The van der Waals surface area contributed by atoms with Gasteiger partial charge < -0.3 is 14.6 Å². The molecule has 5 heteroatoms. The van der Waals surface area contributed by atoms with E-state index < -0.39 is 11.7 Å². The van der Waals surface area contributed by atoms with E-state index in [1.165, 1.54) is 0 Å². The molecule has 1 aromatic rings. The van der Waals surface area contributed by atoms with Gasteiger partial charge in [0.15, 0.2) is 0 Å². The van der Waals surface area contributed by atoms with Crippen LogP contribution in [0.4, 0.5) is 0 Å². The highest BCUT2D eigenvalue weighted by atomic mass is 35.5. The van der Waals surface area contributed by atoms with Crippen LogP contribution in [0, 0.1) is 0 Å². The number of benzene rings is 1. The molecule has 2 rings (SSSR count). The van der Waals surface area contributed by atoms with Crippen LogP contribution in [0.2, 0.25) is 10.0 Å². The maximum absolute atomic E-state index is 10.6. The monoisotopic (exact) mass is 318 g/mol. The van der Waals surface area contributed by atoms with E-state index in [9.17, 15) is 5.11 Å². The van der Waals surface area contributed by atoms with Crippen LogP contribution in [0.15, 0.2) is 18.2 Å². The lowest BCUT2D eigenvalue weighted by Gasteiger charge is -2.40. The van der Waals surface area contributed by atoms with Crippen molar-refractivity contribution >= 4 is 23.2 Å². The summed E-state index contributed by atoms with van der Waals surface area (Å²) < 4.78 is 11.2. The van der Waals surface area contributed by atoms with Gasteiger partial charge in [0.05, 0.1) is 11.7 Å². The van der Waals surface area contributed by atoms with Crippen LogP contribution in [-0.2, 0) is 15.9 Å². The van der Waals surface area contributed by atoms with E-state index in [-0.39, 0.29) is 0 Å². The van der Waals surface area contributed by atoms with Crippen molar-refractivity contribution in [2.24, 2.45) is 0 Å². The van der Waals surface area contributed by atoms with Gasteiger partial charge >= 0.3 is 0 Å². The highest BCUT2D eigenvalue weighted by molar-refractivity contribution is 6.33.